The maximum absolute atomic E-state index is 9.27. The van der Waals surface area contributed by atoms with E-state index < -0.39 is 0 Å². The fraction of sp³-hybridized carbons (Fsp3) is 0.200. The minimum atomic E-state index is -0.228. The van der Waals surface area contributed by atoms with Crippen LogP contribution in [0.25, 0.3) is 25.1 Å². The first-order valence-corrected chi connectivity index (χ1v) is 47.7. The minimum absolute atomic E-state index is 0.0287. The van der Waals surface area contributed by atoms with Gasteiger partial charge in [-0.05, 0) is 245 Å². The smallest absolute Gasteiger partial charge is 0.357 e. The predicted molar refractivity (Wildman–Crippen MR) is 499 cm³/mol. The third kappa shape index (κ3) is 24.0. The zero-order valence-electron chi connectivity index (χ0n) is 70.2. The van der Waals surface area contributed by atoms with Gasteiger partial charge in [-0.15, -0.1) is 0 Å². The number of ether oxygens (including phenoxy) is 6. The summed E-state index contributed by atoms with van der Waals surface area (Å²) in [4.78, 5) is 12.6. The predicted octanol–water partition coefficient (Wildman–Crippen LogP) is 23.7. The van der Waals surface area contributed by atoms with Crippen molar-refractivity contribution < 1.29 is 59.8 Å². The second-order valence-electron chi connectivity index (χ2n) is 30.8. The highest BCUT2D eigenvalue weighted by atomic mass is 127. The van der Waals surface area contributed by atoms with E-state index in [2.05, 4.69) is 328 Å². The van der Waals surface area contributed by atoms with Gasteiger partial charge in [-0.2, -0.15) is 0 Å². The van der Waals surface area contributed by atoms with Crippen molar-refractivity contribution in [1.29, 1.82) is 0 Å². The first kappa shape index (κ1) is 90.1. The maximum atomic E-state index is 9.27. The van der Waals surface area contributed by atoms with E-state index in [0.717, 1.165) is 44.2 Å². The molecule has 1 aliphatic heterocycles. The molecule has 15 heteroatoms. The molecule has 15 aromatic rings. The lowest BCUT2D eigenvalue weighted by Gasteiger charge is -2.26. The summed E-state index contributed by atoms with van der Waals surface area (Å²) < 4.78 is 38.7. The van der Waals surface area contributed by atoms with Crippen LogP contribution in [0, 0.1) is 14.1 Å². The zero-order valence-corrected chi connectivity index (χ0v) is 77.2. The third-order valence-electron chi connectivity index (χ3n) is 19.9. The number of hydrogen-bond donors (Lipinski definition) is 2. The molecule has 614 valence electrons. The van der Waals surface area contributed by atoms with E-state index in [0.29, 0.717) is 32.7 Å². The average molecular weight is 1820 g/mol. The van der Waals surface area contributed by atoms with Crippen LogP contribution in [0.1, 0.15) is 86.1 Å². The Morgan fingerprint density at radius 3 is 1.09 bits per heavy atom. The highest BCUT2D eigenvalue weighted by Gasteiger charge is 2.41. The van der Waals surface area contributed by atoms with Crippen molar-refractivity contribution in [2.45, 2.75) is 136 Å². The van der Waals surface area contributed by atoms with E-state index in [-0.39, 0.29) is 88.4 Å². The van der Waals surface area contributed by atoms with Crippen LogP contribution < -0.4 is 35.4 Å². The van der Waals surface area contributed by atoms with Gasteiger partial charge in [-0.3, -0.25) is 0 Å². The number of thiophene rings is 1. The molecule has 0 fully saturated rings. The number of aryl methyl sites for hydroxylation is 1. The van der Waals surface area contributed by atoms with Crippen molar-refractivity contribution in [3.8, 4) is 27.9 Å². The van der Waals surface area contributed by atoms with E-state index in [4.69, 9.17) is 56.7 Å². The van der Waals surface area contributed by atoms with Crippen LogP contribution in [-0.4, -0.2) is 59.0 Å². The third-order valence-corrected chi connectivity index (χ3v) is 32.1. The Kier molecular flexibility index (Phi) is 32.7. The van der Waals surface area contributed by atoms with Crippen LogP contribution in [0.3, 0.4) is 0 Å². The summed E-state index contributed by atoms with van der Waals surface area (Å²) in [6.07, 6.45) is 1.38. The molecule has 0 unspecified atom stereocenters. The first-order valence-electron chi connectivity index (χ1n) is 39.9. The number of fused-ring (bicyclic) bond motifs is 5. The van der Waals surface area contributed by atoms with E-state index >= 15 is 0 Å². The number of methoxy groups -OCH3 is 5. The van der Waals surface area contributed by atoms with Gasteiger partial charge >= 0.3 is 21.2 Å². The molecule has 0 bridgehead atoms. The van der Waals surface area contributed by atoms with Gasteiger partial charge in [0.1, 0.15) is 22.4 Å². The monoisotopic (exact) mass is 1820 g/mol. The summed E-state index contributed by atoms with van der Waals surface area (Å²) in [6, 6.07) is 116. The zero-order chi connectivity index (χ0) is 84.7. The van der Waals surface area contributed by atoms with Gasteiger partial charge in [0.2, 0.25) is 9.79 Å². The molecule has 8 nitrogen and oxygen atoms in total. The molecule has 2 N–H and O–H groups in total. The lowest BCUT2D eigenvalue weighted by molar-refractivity contribution is -0.597. The van der Waals surface area contributed by atoms with Gasteiger partial charge in [-0.25, -0.2) is 0 Å². The molecule has 1 aromatic heterocycles. The fourth-order valence-electron chi connectivity index (χ4n) is 13.7. The molecule has 0 atom stereocenters. The maximum Gasteiger partial charge on any atom is 0.357 e. The minimum Gasteiger partial charge on any atom is -0.497 e. The van der Waals surface area contributed by atoms with Gasteiger partial charge in [0.05, 0.1) is 55.8 Å². The van der Waals surface area contributed by atoms with Crippen LogP contribution in [0.5, 0.6) is 23.0 Å². The van der Waals surface area contributed by atoms with Gasteiger partial charge in [-0.1, -0.05) is 198 Å². The number of rotatable bonds is 22. The standard InChI is InChI=1S/C28H33O2S.C24H27O3S.C21H21O2S.C20H15Cl2OS.C12H10I/c1-27(2,3)20-9-13-25-23(17-20)30-24-18-21(28(4,5)6)10-14-26(24)31(25)22-11-7-19(8-12-22)15-16-29;1-25-16-19-4-10-22(11-5-19)28(23-12-6-20(7-13-23)17-26-2)24-14-8-21(9-15-24)18-27-3;1-16-7-4-10-19(13-16)24(20-11-5-8-17(14-20)22-2)21-12-6-9-18(15-21)23-3;21-14-3-7-19-17(11-14)18-12-15(22)4-8-20(18)24(19)16-5-1-13(2-6-16)9-10-23;1-3-7-11(8-4-1)13-12-9-5-2-6-10-12/h7-14,17-18,29H,15-16H2,1-6H3;4-15H,16-18H2,1-3H3;4-15H,1-3H3;1-8,11-12,23H,9-10H2;1-10H/q5*+1. The van der Waals surface area contributed by atoms with Crippen molar-refractivity contribution in [3.05, 3.63) is 389 Å². The molecule has 1 aliphatic rings. The van der Waals surface area contributed by atoms with Gasteiger partial charge < -0.3 is 38.6 Å². The highest BCUT2D eigenvalue weighted by molar-refractivity contribution is 7.97. The Labute approximate surface area is 741 Å². The number of halogens is 3. The molecular weight excluding hydrogens is 1720 g/mol. The summed E-state index contributed by atoms with van der Waals surface area (Å²) in [5, 5.41) is 22.2. The second kappa shape index (κ2) is 43.6. The van der Waals surface area contributed by atoms with Crippen LogP contribution in [0.2, 0.25) is 10.0 Å². The largest absolute Gasteiger partial charge is 0.497 e. The van der Waals surface area contributed by atoms with E-state index in [1.165, 1.54) is 110 Å². The van der Waals surface area contributed by atoms with Gasteiger partial charge in [0.15, 0.2) is 67.2 Å². The molecule has 0 amide bonds. The van der Waals surface area contributed by atoms with Crippen LogP contribution in [-0.2, 0) is 90.4 Å². The van der Waals surface area contributed by atoms with Crippen molar-refractivity contribution in [2.75, 3.05) is 48.8 Å². The lowest BCUT2D eigenvalue weighted by atomic mass is 9.87. The van der Waals surface area contributed by atoms with Crippen molar-refractivity contribution in [1.82, 2.24) is 0 Å². The number of benzene rings is 14. The molecule has 16 rings (SSSR count). The topological polar surface area (TPSA) is 95.8 Å². The van der Waals surface area contributed by atoms with E-state index in [9.17, 15) is 5.11 Å². The molecule has 120 heavy (non-hydrogen) atoms. The second-order valence-corrected chi connectivity index (χ2v) is 42.6. The van der Waals surface area contributed by atoms with Gasteiger partial charge in [0, 0.05) is 90.1 Å². The number of aliphatic hydroxyl groups excluding tert-OH is 2. The molecule has 0 aliphatic carbocycles. The Hall–Kier alpha value is -9.14. The van der Waals surface area contributed by atoms with Crippen LogP contribution in [0.15, 0.2) is 372 Å². The first-order chi connectivity index (χ1) is 58.1. The molecule has 0 saturated carbocycles. The van der Waals surface area contributed by atoms with Crippen molar-refractivity contribution >= 4 is 86.5 Å². The summed E-state index contributed by atoms with van der Waals surface area (Å²) in [5.74, 6) is 3.68. The summed E-state index contributed by atoms with van der Waals surface area (Å²) in [7, 11) is 7.82. The van der Waals surface area contributed by atoms with Gasteiger partial charge in [0.25, 0.3) is 0 Å². The lowest BCUT2D eigenvalue weighted by Crippen LogP contribution is -3.61. The van der Waals surface area contributed by atoms with E-state index in [1.807, 2.05) is 48.5 Å². The Morgan fingerprint density at radius 2 is 0.725 bits per heavy atom. The Morgan fingerprint density at radius 1 is 0.358 bits per heavy atom. The average Bonchev–Trinajstić information content (AvgIpc) is 1.33. The van der Waals surface area contributed by atoms with Crippen LogP contribution >= 0.6 is 33.7 Å². The van der Waals surface area contributed by atoms with Crippen LogP contribution in [0.4, 0.5) is 0 Å². The summed E-state index contributed by atoms with van der Waals surface area (Å²) in [6.45, 7) is 17.8. The summed E-state index contributed by atoms with van der Waals surface area (Å²) >= 11 is 12.5. The quantitative estimate of drug-likeness (QED) is 0.0512. The fourth-order valence-corrected chi connectivity index (χ4v) is 25.1. The molecule has 14 aromatic carbocycles. The molecular formula is C105H106Cl2IO8S4+5. The summed E-state index contributed by atoms with van der Waals surface area (Å²) in [5.41, 5.74) is 9.81. The molecule has 2 heterocycles. The van der Waals surface area contributed by atoms with E-state index in [1.54, 1.807) is 35.5 Å². The Bertz CT molecular complexity index is 5460. The highest BCUT2D eigenvalue weighted by Crippen LogP contribution is 2.51. The molecule has 0 spiro atoms. The molecule has 0 radical (unpaired) electrons. The Balaban J connectivity index is 0.000000140. The normalized spacial score (nSPS) is 11.7. The van der Waals surface area contributed by atoms with Crippen molar-refractivity contribution in [3.63, 3.8) is 0 Å². The SMILES string of the molecule is CC(C)(C)c1ccc2c(c1)Oc1cc(C(C)(C)C)ccc1[S+]2c1ccc(CCO)cc1.COCc1ccc([S+](c2ccc(COC)cc2)c2ccc(COC)cc2)cc1.COc1cccc([S+](c2cccc(C)c2)c2cccc(OC)c2)c1.OCCc1ccc(-[s+]2c3ccc(Cl)cc3c3cc(Cl)ccc32)cc1.c1ccc([I+]c2ccccc2)cc1. The molecule has 0 saturated heterocycles. The van der Waals surface area contributed by atoms with Crippen molar-refractivity contribution in [2.24, 2.45) is 0 Å². The number of hydrogen-bond acceptors (Lipinski definition) is 8. The number of aliphatic hydroxyl groups is 2.